The predicted octanol–water partition coefficient (Wildman–Crippen LogP) is 2.92. The molecular weight excluding hydrogens is 316 g/mol. The van der Waals surface area contributed by atoms with Crippen LogP contribution in [0.25, 0.3) is 0 Å². The van der Waals surface area contributed by atoms with Gasteiger partial charge in [-0.2, -0.15) is 0 Å². The molecule has 0 aliphatic carbocycles. The van der Waals surface area contributed by atoms with E-state index in [2.05, 4.69) is 53.9 Å². The van der Waals surface area contributed by atoms with Gasteiger partial charge in [0, 0.05) is 19.6 Å². The van der Waals surface area contributed by atoms with Crippen molar-refractivity contribution in [2.24, 2.45) is 5.92 Å². The molecule has 0 bridgehead atoms. The minimum atomic E-state index is -0.0999. The van der Waals surface area contributed by atoms with Crippen molar-refractivity contribution in [3.8, 4) is 0 Å². The standard InChI is InChI=1S/C16H23BrN2O/c1-12(2)15(17)16(20)19-10-9-18(3)11-14(19)13-7-5-4-6-8-13/h4-8,12,14-15H,9-11H2,1-3H3. The number of benzene rings is 1. The van der Waals surface area contributed by atoms with Crippen LogP contribution in [0.2, 0.25) is 0 Å². The maximum Gasteiger partial charge on any atom is 0.237 e. The average Bonchev–Trinajstić information content (AvgIpc) is 2.46. The summed E-state index contributed by atoms with van der Waals surface area (Å²) in [6.07, 6.45) is 0. The van der Waals surface area contributed by atoms with Gasteiger partial charge in [-0.15, -0.1) is 0 Å². The third-order valence-corrected chi connectivity index (χ3v) is 5.32. The van der Waals surface area contributed by atoms with E-state index in [-0.39, 0.29) is 16.8 Å². The number of rotatable bonds is 3. The number of amides is 1. The zero-order chi connectivity index (χ0) is 14.7. The van der Waals surface area contributed by atoms with Crippen LogP contribution in [0.4, 0.5) is 0 Å². The molecule has 1 aliphatic rings. The number of carbonyl (C=O) groups is 1. The summed E-state index contributed by atoms with van der Waals surface area (Å²) in [7, 11) is 2.12. The van der Waals surface area contributed by atoms with E-state index in [1.807, 2.05) is 23.1 Å². The summed E-state index contributed by atoms with van der Waals surface area (Å²) in [4.78, 5) is 16.9. The molecule has 0 aromatic heterocycles. The number of nitrogens with zero attached hydrogens (tertiary/aromatic N) is 2. The summed E-state index contributed by atoms with van der Waals surface area (Å²) in [6.45, 7) is 6.78. The summed E-state index contributed by atoms with van der Waals surface area (Å²) in [5.74, 6) is 0.514. The van der Waals surface area contributed by atoms with E-state index in [0.717, 1.165) is 19.6 Å². The number of carbonyl (C=O) groups excluding carboxylic acids is 1. The molecule has 1 amide bonds. The number of hydrogen-bond acceptors (Lipinski definition) is 2. The normalized spacial score (nSPS) is 22.1. The van der Waals surface area contributed by atoms with Gasteiger partial charge in [-0.25, -0.2) is 0 Å². The monoisotopic (exact) mass is 338 g/mol. The van der Waals surface area contributed by atoms with Crippen LogP contribution >= 0.6 is 15.9 Å². The van der Waals surface area contributed by atoms with E-state index in [1.165, 1.54) is 5.56 Å². The number of alkyl halides is 1. The number of piperazine rings is 1. The zero-order valence-electron chi connectivity index (χ0n) is 12.4. The Morgan fingerprint density at radius 2 is 1.90 bits per heavy atom. The van der Waals surface area contributed by atoms with E-state index in [4.69, 9.17) is 0 Å². The molecule has 1 heterocycles. The summed E-state index contributed by atoms with van der Waals surface area (Å²) >= 11 is 3.55. The van der Waals surface area contributed by atoms with Gasteiger partial charge >= 0.3 is 0 Å². The molecular formula is C16H23BrN2O. The lowest BCUT2D eigenvalue weighted by Gasteiger charge is -2.41. The van der Waals surface area contributed by atoms with Gasteiger partial charge in [0.05, 0.1) is 10.9 Å². The van der Waals surface area contributed by atoms with Crippen LogP contribution in [0.3, 0.4) is 0 Å². The third-order valence-electron chi connectivity index (χ3n) is 3.87. The Labute approximate surface area is 130 Å². The molecule has 2 rings (SSSR count). The highest BCUT2D eigenvalue weighted by Crippen LogP contribution is 2.28. The molecule has 4 heteroatoms. The first-order chi connectivity index (χ1) is 9.50. The Hall–Kier alpha value is -0.870. The second kappa shape index (κ2) is 6.72. The molecule has 0 spiro atoms. The fourth-order valence-corrected chi connectivity index (χ4v) is 2.85. The molecule has 0 N–H and O–H groups in total. The van der Waals surface area contributed by atoms with Gasteiger partial charge in [0.25, 0.3) is 0 Å². The van der Waals surface area contributed by atoms with Crippen molar-refractivity contribution in [1.82, 2.24) is 9.80 Å². The quantitative estimate of drug-likeness (QED) is 0.791. The minimum absolute atomic E-state index is 0.0999. The fraction of sp³-hybridized carbons (Fsp3) is 0.562. The highest BCUT2D eigenvalue weighted by Gasteiger charge is 2.33. The Balaban J connectivity index is 2.23. The third kappa shape index (κ3) is 3.41. The lowest BCUT2D eigenvalue weighted by atomic mass is 10.0. The predicted molar refractivity (Wildman–Crippen MR) is 85.9 cm³/mol. The Kier molecular flexibility index (Phi) is 5.22. The summed E-state index contributed by atoms with van der Waals surface area (Å²) < 4.78 is 0. The van der Waals surface area contributed by atoms with E-state index >= 15 is 0 Å². The van der Waals surface area contributed by atoms with Crippen molar-refractivity contribution in [2.45, 2.75) is 24.7 Å². The first-order valence-electron chi connectivity index (χ1n) is 7.18. The molecule has 1 aromatic rings. The molecule has 2 unspecified atom stereocenters. The maximum absolute atomic E-state index is 12.7. The molecule has 110 valence electrons. The first kappa shape index (κ1) is 15.5. The Bertz CT molecular complexity index is 449. The van der Waals surface area contributed by atoms with Crippen molar-refractivity contribution in [3.05, 3.63) is 35.9 Å². The van der Waals surface area contributed by atoms with Crippen LogP contribution < -0.4 is 0 Å². The van der Waals surface area contributed by atoms with Crippen LogP contribution in [-0.2, 0) is 4.79 Å². The van der Waals surface area contributed by atoms with Crippen molar-refractivity contribution in [2.75, 3.05) is 26.7 Å². The smallest absolute Gasteiger partial charge is 0.237 e. The summed E-state index contributed by atoms with van der Waals surface area (Å²) in [5, 5.41) is 0. The van der Waals surface area contributed by atoms with Crippen LogP contribution in [-0.4, -0.2) is 47.2 Å². The largest absolute Gasteiger partial charge is 0.332 e. The molecule has 3 nitrogen and oxygen atoms in total. The topological polar surface area (TPSA) is 23.6 Å². The first-order valence-corrected chi connectivity index (χ1v) is 8.10. The molecule has 2 atom stereocenters. The number of halogens is 1. The van der Waals surface area contributed by atoms with E-state index in [1.54, 1.807) is 0 Å². The summed E-state index contributed by atoms with van der Waals surface area (Å²) in [5.41, 5.74) is 1.22. The van der Waals surface area contributed by atoms with E-state index < -0.39 is 0 Å². The van der Waals surface area contributed by atoms with Crippen molar-refractivity contribution >= 4 is 21.8 Å². The van der Waals surface area contributed by atoms with Crippen LogP contribution in [0.5, 0.6) is 0 Å². The second-order valence-corrected chi connectivity index (χ2v) is 6.85. The minimum Gasteiger partial charge on any atom is -0.332 e. The van der Waals surface area contributed by atoms with E-state index in [9.17, 15) is 4.79 Å². The Morgan fingerprint density at radius 3 is 2.50 bits per heavy atom. The lowest BCUT2D eigenvalue weighted by Crippen LogP contribution is -2.51. The lowest BCUT2D eigenvalue weighted by molar-refractivity contribution is -0.136. The van der Waals surface area contributed by atoms with Gasteiger partial charge in [0.2, 0.25) is 5.91 Å². The maximum atomic E-state index is 12.7. The molecule has 1 aliphatic heterocycles. The van der Waals surface area contributed by atoms with Gasteiger partial charge in [0.15, 0.2) is 0 Å². The number of hydrogen-bond donors (Lipinski definition) is 0. The van der Waals surface area contributed by atoms with Crippen molar-refractivity contribution in [3.63, 3.8) is 0 Å². The molecule has 0 radical (unpaired) electrons. The van der Waals surface area contributed by atoms with Gasteiger partial charge in [0.1, 0.15) is 0 Å². The zero-order valence-corrected chi connectivity index (χ0v) is 14.0. The highest BCUT2D eigenvalue weighted by molar-refractivity contribution is 9.10. The van der Waals surface area contributed by atoms with E-state index in [0.29, 0.717) is 5.92 Å². The van der Waals surface area contributed by atoms with Gasteiger partial charge in [-0.05, 0) is 18.5 Å². The summed E-state index contributed by atoms with van der Waals surface area (Å²) in [6, 6.07) is 10.5. The van der Waals surface area contributed by atoms with Crippen LogP contribution in [0.15, 0.2) is 30.3 Å². The average molecular weight is 339 g/mol. The fourth-order valence-electron chi connectivity index (χ4n) is 2.59. The molecule has 20 heavy (non-hydrogen) atoms. The van der Waals surface area contributed by atoms with Gasteiger partial charge in [-0.1, -0.05) is 60.1 Å². The molecule has 1 fully saturated rings. The molecule has 0 saturated carbocycles. The SMILES string of the molecule is CC(C)C(Br)C(=O)N1CCN(C)CC1c1ccccc1. The molecule has 1 aromatic carbocycles. The van der Waals surface area contributed by atoms with Gasteiger partial charge < -0.3 is 9.80 Å². The number of likely N-dealkylation sites (N-methyl/N-ethyl adjacent to an activating group) is 1. The second-order valence-electron chi connectivity index (χ2n) is 5.87. The van der Waals surface area contributed by atoms with Crippen LogP contribution in [0.1, 0.15) is 25.5 Å². The van der Waals surface area contributed by atoms with Crippen LogP contribution in [0, 0.1) is 5.92 Å². The Morgan fingerprint density at radius 1 is 1.25 bits per heavy atom. The van der Waals surface area contributed by atoms with Gasteiger partial charge in [-0.3, -0.25) is 4.79 Å². The highest BCUT2D eigenvalue weighted by atomic mass is 79.9. The van der Waals surface area contributed by atoms with Crippen molar-refractivity contribution in [1.29, 1.82) is 0 Å². The van der Waals surface area contributed by atoms with Crippen molar-refractivity contribution < 1.29 is 4.79 Å². The molecule has 1 saturated heterocycles.